The topological polar surface area (TPSA) is 42.0 Å². The van der Waals surface area contributed by atoms with Crippen molar-refractivity contribution in [3.63, 3.8) is 0 Å². The Morgan fingerprint density at radius 2 is 2.43 bits per heavy atom. The van der Waals surface area contributed by atoms with Crippen molar-refractivity contribution in [3.05, 3.63) is 30.1 Å². The van der Waals surface area contributed by atoms with Gasteiger partial charge in [-0.1, -0.05) is 13.0 Å². The second-order valence-electron chi connectivity index (χ2n) is 3.18. The molecule has 14 heavy (non-hydrogen) atoms. The molecule has 3 nitrogen and oxygen atoms in total. The van der Waals surface area contributed by atoms with Crippen LogP contribution in [0.2, 0.25) is 0 Å². The summed E-state index contributed by atoms with van der Waals surface area (Å²) < 4.78 is 0. The Hall–Kier alpha value is -1.22. The van der Waals surface area contributed by atoms with Crippen LogP contribution in [0.25, 0.3) is 0 Å². The van der Waals surface area contributed by atoms with Crippen molar-refractivity contribution in [2.24, 2.45) is 0 Å². The van der Waals surface area contributed by atoms with Gasteiger partial charge in [-0.25, -0.2) is 0 Å². The van der Waals surface area contributed by atoms with Gasteiger partial charge in [0, 0.05) is 31.8 Å². The number of rotatable bonds is 6. The van der Waals surface area contributed by atoms with Crippen molar-refractivity contribution in [3.8, 4) is 0 Å². The van der Waals surface area contributed by atoms with Crippen molar-refractivity contribution >= 4 is 5.78 Å². The van der Waals surface area contributed by atoms with E-state index in [2.05, 4.69) is 10.3 Å². The van der Waals surface area contributed by atoms with E-state index >= 15 is 0 Å². The lowest BCUT2D eigenvalue weighted by Crippen LogP contribution is -2.18. The van der Waals surface area contributed by atoms with Crippen LogP contribution in [0.3, 0.4) is 0 Å². The first kappa shape index (κ1) is 10.9. The molecule has 0 fully saturated rings. The molecular weight excluding hydrogens is 176 g/mol. The highest BCUT2D eigenvalue weighted by atomic mass is 16.1. The number of ketones is 1. The molecule has 0 amide bonds. The highest BCUT2D eigenvalue weighted by molar-refractivity contribution is 5.80. The van der Waals surface area contributed by atoms with Gasteiger partial charge in [0.2, 0.25) is 0 Å². The summed E-state index contributed by atoms with van der Waals surface area (Å²) in [6.07, 6.45) is 4.56. The molecule has 1 heterocycles. The molecule has 1 aromatic rings. The minimum atomic E-state index is 0.263. The summed E-state index contributed by atoms with van der Waals surface area (Å²) in [5, 5.41) is 3.13. The number of nitrogens with zero attached hydrogens (tertiary/aromatic N) is 1. The van der Waals surface area contributed by atoms with Crippen LogP contribution in [0.15, 0.2) is 24.5 Å². The van der Waals surface area contributed by atoms with Crippen LogP contribution in [0.4, 0.5) is 0 Å². The fourth-order valence-corrected chi connectivity index (χ4v) is 1.22. The fourth-order valence-electron chi connectivity index (χ4n) is 1.22. The Morgan fingerprint density at radius 1 is 1.57 bits per heavy atom. The van der Waals surface area contributed by atoms with E-state index in [9.17, 15) is 4.79 Å². The summed E-state index contributed by atoms with van der Waals surface area (Å²) in [7, 11) is 0. The van der Waals surface area contributed by atoms with Gasteiger partial charge < -0.3 is 5.32 Å². The van der Waals surface area contributed by atoms with E-state index in [4.69, 9.17) is 0 Å². The molecule has 0 radical (unpaired) electrons. The van der Waals surface area contributed by atoms with E-state index in [1.165, 1.54) is 0 Å². The molecule has 0 aromatic carbocycles. The van der Waals surface area contributed by atoms with Gasteiger partial charge in [-0.15, -0.1) is 0 Å². The second kappa shape index (κ2) is 6.27. The molecule has 0 saturated heterocycles. The average molecular weight is 192 g/mol. The van der Waals surface area contributed by atoms with Crippen LogP contribution < -0.4 is 5.32 Å². The molecule has 0 unspecified atom stereocenters. The summed E-state index contributed by atoms with van der Waals surface area (Å²) in [6, 6.07) is 3.78. The number of Topliss-reactive ketones (excluding diaryl/α,β-unsaturated/α-hetero) is 1. The molecule has 0 spiro atoms. The van der Waals surface area contributed by atoms with E-state index in [0.717, 1.165) is 18.7 Å². The van der Waals surface area contributed by atoms with E-state index in [0.29, 0.717) is 12.8 Å². The van der Waals surface area contributed by atoms with Gasteiger partial charge in [0.25, 0.3) is 0 Å². The number of hydrogen-bond donors (Lipinski definition) is 1. The first-order valence-corrected chi connectivity index (χ1v) is 4.94. The molecule has 0 aliphatic heterocycles. The first-order chi connectivity index (χ1) is 6.83. The predicted molar refractivity (Wildman–Crippen MR) is 56.1 cm³/mol. The van der Waals surface area contributed by atoms with E-state index < -0.39 is 0 Å². The van der Waals surface area contributed by atoms with Crippen LogP contribution in [0, 0.1) is 0 Å². The monoisotopic (exact) mass is 192 g/mol. The van der Waals surface area contributed by atoms with Crippen LogP contribution in [-0.2, 0) is 11.2 Å². The molecule has 0 bridgehead atoms. The third kappa shape index (κ3) is 4.14. The van der Waals surface area contributed by atoms with Gasteiger partial charge in [-0.05, 0) is 18.2 Å². The van der Waals surface area contributed by atoms with Gasteiger partial charge in [0.05, 0.1) is 0 Å². The highest BCUT2D eigenvalue weighted by Crippen LogP contribution is 1.99. The lowest BCUT2D eigenvalue weighted by atomic mass is 10.1. The van der Waals surface area contributed by atoms with Crippen LogP contribution in [0.5, 0.6) is 0 Å². The lowest BCUT2D eigenvalue weighted by Gasteiger charge is -2.01. The molecule has 0 aliphatic carbocycles. The number of carbonyl (C=O) groups excluding carboxylic acids is 1. The summed E-state index contributed by atoms with van der Waals surface area (Å²) in [4.78, 5) is 15.4. The maximum absolute atomic E-state index is 11.4. The smallest absolute Gasteiger partial charge is 0.138 e. The van der Waals surface area contributed by atoms with E-state index in [-0.39, 0.29) is 5.78 Å². The quantitative estimate of drug-likeness (QED) is 0.688. The Morgan fingerprint density at radius 3 is 3.07 bits per heavy atom. The Bertz CT molecular complexity index is 272. The molecule has 0 saturated carbocycles. The number of nitrogens with one attached hydrogen (secondary N) is 1. The zero-order chi connectivity index (χ0) is 10.2. The molecule has 3 heteroatoms. The van der Waals surface area contributed by atoms with Crippen LogP contribution >= 0.6 is 0 Å². The van der Waals surface area contributed by atoms with Crippen LogP contribution in [0.1, 0.15) is 18.9 Å². The molecule has 0 atom stereocenters. The third-order valence-corrected chi connectivity index (χ3v) is 1.95. The highest BCUT2D eigenvalue weighted by Gasteiger charge is 2.02. The van der Waals surface area contributed by atoms with Crippen molar-refractivity contribution < 1.29 is 4.79 Å². The Kier molecular flexibility index (Phi) is 4.86. The fraction of sp³-hybridized carbons (Fsp3) is 0.455. The van der Waals surface area contributed by atoms with E-state index in [1.54, 1.807) is 12.4 Å². The molecule has 76 valence electrons. The SMILES string of the molecule is CCNCCC(=O)Cc1cccnc1. The zero-order valence-corrected chi connectivity index (χ0v) is 8.49. The van der Waals surface area contributed by atoms with Gasteiger partial charge in [0.1, 0.15) is 5.78 Å². The molecule has 1 rings (SSSR count). The van der Waals surface area contributed by atoms with Crippen LogP contribution in [-0.4, -0.2) is 23.9 Å². The number of carbonyl (C=O) groups is 1. The van der Waals surface area contributed by atoms with Crippen molar-refractivity contribution in [2.45, 2.75) is 19.8 Å². The average Bonchev–Trinajstić information content (AvgIpc) is 2.20. The van der Waals surface area contributed by atoms with Gasteiger partial charge in [-0.2, -0.15) is 0 Å². The summed E-state index contributed by atoms with van der Waals surface area (Å²) in [6.45, 7) is 3.72. The summed E-state index contributed by atoms with van der Waals surface area (Å²) in [5.41, 5.74) is 0.994. The Labute approximate surface area is 84.6 Å². The normalized spacial score (nSPS) is 10.1. The third-order valence-electron chi connectivity index (χ3n) is 1.95. The first-order valence-electron chi connectivity index (χ1n) is 4.94. The standard InChI is InChI=1S/C11H16N2O/c1-2-12-7-5-11(14)8-10-4-3-6-13-9-10/h3-4,6,9,12H,2,5,7-8H2,1H3. The molecule has 1 N–H and O–H groups in total. The Balaban J connectivity index is 2.27. The maximum atomic E-state index is 11.4. The summed E-state index contributed by atoms with van der Waals surface area (Å²) in [5.74, 6) is 0.263. The number of aromatic nitrogens is 1. The minimum absolute atomic E-state index is 0.263. The van der Waals surface area contributed by atoms with E-state index in [1.807, 2.05) is 19.1 Å². The van der Waals surface area contributed by atoms with Crippen molar-refractivity contribution in [2.75, 3.05) is 13.1 Å². The predicted octanol–water partition coefficient (Wildman–Crippen LogP) is 1.19. The number of hydrogen-bond acceptors (Lipinski definition) is 3. The van der Waals surface area contributed by atoms with Crippen molar-refractivity contribution in [1.29, 1.82) is 0 Å². The lowest BCUT2D eigenvalue weighted by molar-refractivity contribution is -0.118. The van der Waals surface area contributed by atoms with Crippen molar-refractivity contribution in [1.82, 2.24) is 10.3 Å². The largest absolute Gasteiger partial charge is 0.317 e. The number of pyridine rings is 1. The van der Waals surface area contributed by atoms with Gasteiger partial charge >= 0.3 is 0 Å². The van der Waals surface area contributed by atoms with Gasteiger partial charge in [-0.3, -0.25) is 9.78 Å². The molecule has 0 aliphatic rings. The molecular formula is C11H16N2O. The maximum Gasteiger partial charge on any atom is 0.138 e. The zero-order valence-electron chi connectivity index (χ0n) is 8.49. The second-order valence-corrected chi connectivity index (χ2v) is 3.18. The molecule has 1 aromatic heterocycles. The summed E-state index contributed by atoms with van der Waals surface area (Å²) >= 11 is 0. The van der Waals surface area contributed by atoms with Gasteiger partial charge in [0.15, 0.2) is 0 Å². The minimum Gasteiger partial charge on any atom is -0.317 e.